The van der Waals surface area contributed by atoms with Gasteiger partial charge in [0.25, 0.3) is 0 Å². The normalized spacial score (nSPS) is 14.0. The summed E-state index contributed by atoms with van der Waals surface area (Å²) >= 11 is 0. The molecule has 22 heavy (non-hydrogen) atoms. The van der Waals surface area contributed by atoms with Gasteiger partial charge >= 0.3 is 0 Å². The summed E-state index contributed by atoms with van der Waals surface area (Å²) in [6, 6.07) is 24.4. The van der Waals surface area contributed by atoms with Crippen LogP contribution < -0.4 is 0 Å². The molecule has 0 aliphatic rings. The van der Waals surface area contributed by atoms with E-state index in [1.165, 1.54) is 27.5 Å². The van der Waals surface area contributed by atoms with Gasteiger partial charge in [0, 0.05) is 0 Å². The average Bonchev–Trinajstić information content (AvgIpc) is 2.55. The Kier molecular flexibility index (Phi) is 4.29. The Morgan fingerprint density at radius 3 is 2.23 bits per heavy atom. The maximum absolute atomic E-state index is 2.37. The molecule has 0 spiro atoms. The number of aryl methyl sites for hydroxylation is 1. The first kappa shape index (κ1) is 14.8. The molecule has 0 N–H and O–H groups in total. The summed E-state index contributed by atoms with van der Waals surface area (Å²) in [6.07, 6.45) is 1.12. The summed E-state index contributed by atoms with van der Waals surface area (Å²) < 4.78 is 0. The molecule has 3 aromatic rings. The van der Waals surface area contributed by atoms with Crippen LogP contribution in [0.1, 0.15) is 36.5 Å². The van der Waals surface area contributed by atoms with Crippen LogP contribution in [0.3, 0.4) is 0 Å². The fourth-order valence-electron chi connectivity index (χ4n) is 3.19. The van der Waals surface area contributed by atoms with E-state index >= 15 is 0 Å². The maximum atomic E-state index is 2.37. The lowest BCUT2D eigenvalue weighted by Gasteiger charge is -2.21. The third kappa shape index (κ3) is 3.06. The molecule has 0 saturated carbocycles. The molecule has 2 atom stereocenters. The topological polar surface area (TPSA) is 0 Å². The van der Waals surface area contributed by atoms with Crippen LogP contribution in [0.4, 0.5) is 0 Å². The smallest absolute Gasteiger partial charge is 0.0152 e. The Hall–Kier alpha value is -2.08. The fraction of sp³-hybridized carbons (Fsp3) is 0.273. The highest BCUT2D eigenvalue weighted by Gasteiger charge is 2.15. The molecule has 0 amide bonds. The van der Waals surface area contributed by atoms with Gasteiger partial charge in [0.2, 0.25) is 0 Å². The molecular weight excluding hydrogens is 264 g/mol. The average molecular weight is 288 g/mol. The van der Waals surface area contributed by atoms with Crippen molar-refractivity contribution in [3.63, 3.8) is 0 Å². The highest BCUT2D eigenvalue weighted by Crippen LogP contribution is 2.29. The number of hydrogen-bond donors (Lipinski definition) is 0. The Morgan fingerprint density at radius 1 is 0.773 bits per heavy atom. The van der Waals surface area contributed by atoms with Crippen LogP contribution in [0.15, 0.2) is 66.7 Å². The zero-order valence-corrected chi connectivity index (χ0v) is 13.7. The van der Waals surface area contributed by atoms with E-state index < -0.39 is 0 Å². The van der Waals surface area contributed by atoms with Crippen molar-refractivity contribution in [1.82, 2.24) is 0 Å². The van der Waals surface area contributed by atoms with Crippen LogP contribution in [-0.2, 0) is 6.42 Å². The third-order valence-electron chi connectivity index (χ3n) is 4.88. The van der Waals surface area contributed by atoms with E-state index in [9.17, 15) is 0 Å². The Morgan fingerprint density at radius 2 is 1.45 bits per heavy atom. The first-order valence-corrected chi connectivity index (χ1v) is 8.18. The second kappa shape index (κ2) is 6.36. The van der Waals surface area contributed by atoms with E-state index in [4.69, 9.17) is 0 Å². The molecular formula is C22H24. The highest BCUT2D eigenvalue weighted by molar-refractivity contribution is 5.85. The van der Waals surface area contributed by atoms with E-state index in [2.05, 4.69) is 87.5 Å². The van der Waals surface area contributed by atoms with E-state index in [0.717, 1.165) is 6.42 Å². The molecule has 0 aliphatic carbocycles. The van der Waals surface area contributed by atoms with Crippen molar-refractivity contribution in [2.45, 2.75) is 33.1 Å². The minimum absolute atomic E-state index is 0.569. The monoisotopic (exact) mass is 288 g/mol. The SMILES string of the molecule is Cc1ccc(C(C)C(C)Cc2cccc3ccccc23)cc1. The van der Waals surface area contributed by atoms with Gasteiger partial charge in [-0.2, -0.15) is 0 Å². The van der Waals surface area contributed by atoms with Crippen molar-refractivity contribution < 1.29 is 0 Å². The minimum atomic E-state index is 0.569. The number of hydrogen-bond acceptors (Lipinski definition) is 0. The molecule has 0 fully saturated rings. The molecule has 0 saturated heterocycles. The van der Waals surface area contributed by atoms with Gasteiger partial charge in [0.15, 0.2) is 0 Å². The standard InChI is InChI=1S/C22H24/c1-16-11-13-19(14-12-16)18(3)17(2)15-21-9-6-8-20-7-4-5-10-22(20)21/h4-14,17-18H,15H2,1-3H3. The van der Waals surface area contributed by atoms with Gasteiger partial charge in [-0.15, -0.1) is 0 Å². The molecule has 0 heterocycles. The molecule has 0 radical (unpaired) electrons. The molecule has 0 aromatic heterocycles. The minimum Gasteiger partial charge on any atom is -0.0616 e. The largest absolute Gasteiger partial charge is 0.0616 e. The third-order valence-corrected chi connectivity index (χ3v) is 4.88. The van der Waals surface area contributed by atoms with E-state index in [1.54, 1.807) is 0 Å². The lowest BCUT2D eigenvalue weighted by Crippen LogP contribution is -2.09. The summed E-state index contributed by atoms with van der Waals surface area (Å²) in [6.45, 7) is 6.86. The fourth-order valence-corrected chi connectivity index (χ4v) is 3.19. The van der Waals surface area contributed by atoms with Crippen molar-refractivity contribution in [3.8, 4) is 0 Å². The predicted molar refractivity (Wildman–Crippen MR) is 96.4 cm³/mol. The van der Waals surface area contributed by atoms with Crippen LogP contribution >= 0.6 is 0 Å². The highest BCUT2D eigenvalue weighted by atomic mass is 14.2. The Bertz CT molecular complexity index is 747. The van der Waals surface area contributed by atoms with Gasteiger partial charge in [0.05, 0.1) is 0 Å². The summed E-state index contributed by atoms with van der Waals surface area (Å²) in [5.74, 6) is 1.19. The molecule has 3 rings (SSSR count). The van der Waals surface area contributed by atoms with Gasteiger partial charge in [0.1, 0.15) is 0 Å². The van der Waals surface area contributed by atoms with E-state index in [0.29, 0.717) is 11.8 Å². The van der Waals surface area contributed by atoms with Crippen LogP contribution in [0.25, 0.3) is 10.8 Å². The van der Waals surface area contributed by atoms with E-state index in [-0.39, 0.29) is 0 Å². The lowest BCUT2D eigenvalue weighted by atomic mass is 9.83. The van der Waals surface area contributed by atoms with Crippen molar-refractivity contribution >= 4 is 10.8 Å². The molecule has 3 aromatic carbocycles. The van der Waals surface area contributed by atoms with Gasteiger partial charge in [-0.25, -0.2) is 0 Å². The zero-order chi connectivity index (χ0) is 15.5. The Labute approximate surface area is 133 Å². The molecule has 112 valence electrons. The van der Waals surface area contributed by atoms with Crippen LogP contribution in [0, 0.1) is 12.8 Å². The second-order valence-corrected chi connectivity index (χ2v) is 6.52. The van der Waals surface area contributed by atoms with Crippen LogP contribution in [0.2, 0.25) is 0 Å². The summed E-state index contributed by atoms with van der Waals surface area (Å²) in [4.78, 5) is 0. The predicted octanol–water partition coefficient (Wildman–Crippen LogP) is 6.13. The second-order valence-electron chi connectivity index (χ2n) is 6.52. The van der Waals surface area contributed by atoms with Gasteiger partial charge in [-0.3, -0.25) is 0 Å². The zero-order valence-electron chi connectivity index (χ0n) is 13.7. The van der Waals surface area contributed by atoms with Crippen LogP contribution in [0.5, 0.6) is 0 Å². The first-order valence-electron chi connectivity index (χ1n) is 8.18. The summed E-state index contributed by atoms with van der Waals surface area (Å²) in [5, 5.41) is 2.74. The number of fused-ring (bicyclic) bond motifs is 1. The van der Waals surface area contributed by atoms with E-state index in [1.807, 2.05) is 0 Å². The molecule has 0 heteroatoms. The number of benzene rings is 3. The van der Waals surface area contributed by atoms with Gasteiger partial charge in [-0.1, -0.05) is 86.1 Å². The van der Waals surface area contributed by atoms with Crippen molar-refractivity contribution in [2.24, 2.45) is 5.92 Å². The molecule has 2 unspecified atom stereocenters. The quantitative estimate of drug-likeness (QED) is 0.541. The van der Waals surface area contributed by atoms with Gasteiger partial charge in [-0.05, 0) is 47.1 Å². The van der Waals surface area contributed by atoms with Crippen molar-refractivity contribution in [3.05, 3.63) is 83.4 Å². The Balaban J connectivity index is 1.83. The molecule has 0 nitrogen and oxygen atoms in total. The van der Waals surface area contributed by atoms with Crippen molar-refractivity contribution in [1.29, 1.82) is 0 Å². The lowest BCUT2D eigenvalue weighted by molar-refractivity contribution is 0.487. The number of rotatable bonds is 4. The maximum Gasteiger partial charge on any atom is -0.0152 e. The summed E-state index contributed by atoms with van der Waals surface area (Å²) in [5.41, 5.74) is 4.24. The van der Waals surface area contributed by atoms with Gasteiger partial charge < -0.3 is 0 Å². The van der Waals surface area contributed by atoms with Crippen molar-refractivity contribution in [2.75, 3.05) is 0 Å². The molecule has 0 aliphatic heterocycles. The first-order chi connectivity index (χ1) is 10.6. The van der Waals surface area contributed by atoms with Crippen LogP contribution in [-0.4, -0.2) is 0 Å². The molecule has 0 bridgehead atoms. The summed E-state index contributed by atoms with van der Waals surface area (Å²) in [7, 11) is 0.